The van der Waals surface area contributed by atoms with E-state index >= 15 is 0 Å². The van der Waals surface area contributed by atoms with Crippen LogP contribution in [0.1, 0.15) is 23.2 Å². The highest BCUT2D eigenvalue weighted by atomic mass is 19.1. The van der Waals surface area contributed by atoms with Gasteiger partial charge in [0.25, 0.3) is 0 Å². The summed E-state index contributed by atoms with van der Waals surface area (Å²) in [7, 11) is 1.38. The highest BCUT2D eigenvalue weighted by Gasteiger charge is 2.24. The molecular formula is C18H16FN3O4. The Labute approximate surface area is 147 Å². The zero-order valence-electron chi connectivity index (χ0n) is 14.0. The summed E-state index contributed by atoms with van der Waals surface area (Å²) in [6, 6.07) is 2.77. The molecule has 7 nitrogen and oxygen atoms in total. The molecule has 2 heterocycles. The number of methoxy groups -OCH3 is 1. The Morgan fingerprint density at radius 1 is 1.35 bits per heavy atom. The van der Waals surface area contributed by atoms with Crippen molar-refractivity contribution in [3.05, 3.63) is 36.0 Å². The van der Waals surface area contributed by atoms with Crippen molar-refractivity contribution >= 4 is 17.0 Å². The lowest BCUT2D eigenvalue weighted by Gasteiger charge is -2.14. The molecule has 1 fully saturated rings. The number of carbonyl (C=O) groups is 1. The van der Waals surface area contributed by atoms with Crippen LogP contribution in [0.4, 0.5) is 4.39 Å². The van der Waals surface area contributed by atoms with Crippen molar-refractivity contribution < 1.29 is 23.8 Å². The van der Waals surface area contributed by atoms with Crippen molar-refractivity contribution in [2.75, 3.05) is 13.7 Å². The second-order valence-electron chi connectivity index (χ2n) is 6.19. The third kappa shape index (κ3) is 2.83. The van der Waals surface area contributed by atoms with Crippen molar-refractivity contribution in [2.24, 2.45) is 5.92 Å². The van der Waals surface area contributed by atoms with Crippen LogP contribution in [0.15, 0.2) is 24.7 Å². The molecule has 2 N–H and O–H groups in total. The van der Waals surface area contributed by atoms with Crippen LogP contribution in [0.25, 0.3) is 22.3 Å². The smallest absolute Gasteiger partial charge is 0.339 e. The molecule has 26 heavy (non-hydrogen) atoms. The molecule has 1 aliphatic rings. The number of rotatable bonds is 6. The van der Waals surface area contributed by atoms with E-state index in [4.69, 9.17) is 9.47 Å². The van der Waals surface area contributed by atoms with Gasteiger partial charge >= 0.3 is 5.97 Å². The first-order chi connectivity index (χ1) is 12.6. The maximum atomic E-state index is 14.3. The summed E-state index contributed by atoms with van der Waals surface area (Å²) in [6.07, 6.45) is 4.83. The lowest BCUT2D eigenvalue weighted by atomic mass is 10.1. The first kappa shape index (κ1) is 16.3. The molecule has 0 bridgehead atoms. The van der Waals surface area contributed by atoms with Crippen LogP contribution in [-0.2, 0) is 0 Å². The summed E-state index contributed by atoms with van der Waals surface area (Å²) in [5, 5.41) is 9.27. The van der Waals surface area contributed by atoms with Gasteiger partial charge in [0.15, 0.2) is 11.6 Å². The fourth-order valence-electron chi connectivity index (χ4n) is 2.79. The number of hydrogen-bond donors (Lipinski definition) is 2. The minimum Gasteiger partial charge on any atom is -0.494 e. The zero-order chi connectivity index (χ0) is 18.3. The van der Waals surface area contributed by atoms with E-state index in [0.717, 1.165) is 12.8 Å². The average Bonchev–Trinajstić information content (AvgIpc) is 3.36. The molecule has 1 saturated carbocycles. The van der Waals surface area contributed by atoms with Gasteiger partial charge in [0.2, 0.25) is 0 Å². The van der Waals surface area contributed by atoms with Gasteiger partial charge in [-0.25, -0.2) is 19.2 Å². The van der Waals surface area contributed by atoms with Gasteiger partial charge in [0.1, 0.15) is 28.9 Å². The lowest BCUT2D eigenvalue weighted by molar-refractivity contribution is 0.0699. The zero-order valence-corrected chi connectivity index (χ0v) is 14.0. The van der Waals surface area contributed by atoms with Gasteiger partial charge in [-0.05, 0) is 24.8 Å². The Balaban J connectivity index is 1.87. The van der Waals surface area contributed by atoms with E-state index in [1.54, 1.807) is 0 Å². The molecule has 2 aromatic heterocycles. The quantitative estimate of drug-likeness (QED) is 0.703. The Morgan fingerprint density at radius 2 is 2.15 bits per heavy atom. The summed E-state index contributed by atoms with van der Waals surface area (Å²) in [4.78, 5) is 22.5. The standard InChI is InChI=1S/C18H16FN3O4/c1-25-14-5-13(26-7-9-2-3-9)10(4-12(14)19)15-17-16(22-8-21-15)11(6-20-17)18(23)24/h4-6,8-9,20H,2-3,7H2,1H3,(H,23,24). The molecule has 4 rings (SSSR count). The number of fused-ring (bicyclic) bond motifs is 1. The number of aromatic nitrogens is 3. The molecule has 134 valence electrons. The fourth-order valence-corrected chi connectivity index (χ4v) is 2.79. The summed E-state index contributed by atoms with van der Waals surface area (Å²) in [5.41, 5.74) is 1.47. The van der Waals surface area contributed by atoms with Crippen LogP contribution in [-0.4, -0.2) is 39.7 Å². The number of ether oxygens (including phenoxy) is 2. The topological polar surface area (TPSA) is 97.3 Å². The number of carboxylic acid groups (broad SMARTS) is 1. The minimum atomic E-state index is -1.10. The van der Waals surface area contributed by atoms with E-state index in [1.165, 1.54) is 31.8 Å². The van der Waals surface area contributed by atoms with Gasteiger partial charge in [-0.3, -0.25) is 0 Å². The second-order valence-corrected chi connectivity index (χ2v) is 6.19. The van der Waals surface area contributed by atoms with Gasteiger partial charge in [0.05, 0.1) is 19.2 Å². The lowest BCUT2D eigenvalue weighted by Crippen LogP contribution is -2.03. The number of nitrogens with zero attached hydrogens (tertiary/aromatic N) is 2. The van der Waals surface area contributed by atoms with Crippen LogP contribution < -0.4 is 9.47 Å². The molecule has 0 radical (unpaired) electrons. The maximum Gasteiger partial charge on any atom is 0.339 e. The molecule has 0 saturated heterocycles. The molecule has 1 aromatic carbocycles. The van der Waals surface area contributed by atoms with Crippen molar-refractivity contribution in [1.82, 2.24) is 15.0 Å². The first-order valence-electron chi connectivity index (χ1n) is 8.14. The molecule has 0 spiro atoms. The highest BCUT2D eigenvalue weighted by Crippen LogP contribution is 2.39. The molecule has 0 unspecified atom stereocenters. The monoisotopic (exact) mass is 357 g/mol. The Kier molecular flexibility index (Phi) is 3.95. The predicted molar refractivity (Wildman–Crippen MR) is 91.0 cm³/mol. The van der Waals surface area contributed by atoms with E-state index < -0.39 is 11.8 Å². The van der Waals surface area contributed by atoms with E-state index in [9.17, 15) is 14.3 Å². The highest BCUT2D eigenvalue weighted by molar-refractivity contribution is 6.04. The molecule has 0 aliphatic heterocycles. The second kappa shape index (κ2) is 6.29. The van der Waals surface area contributed by atoms with Gasteiger partial charge in [-0.15, -0.1) is 0 Å². The molecule has 0 amide bonds. The number of carboxylic acids is 1. The molecule has 1 aliphatic carbocycles. The summed E-state index contributed by atoms with van der Waals surface area (Å²) >= 11 is 0. The van der Waals surface area contributed by atoms with E-state index in [1.807, 2.05) is 0 Å². The van der Waals surface area contributed by atoms with E-state index in [2.05, 4.69) is 15.0 Å². The number of aromatic amines is 1. The number of nitrogens with one attached hydrogen (secondary N) is 1. The number of H-pyrrole nitrogens is 1. The molecule has 0 atom stereocenters. The van der Waals surface area contributed by atoms with Crippen molar-refractivity contribution in [3.8, 4) is 22.8 Å². The number of benzene rings is 1. The fraction of sp³-hybridized carbons (Fsp3) is 0.278. The summed E-state index contributed by atoms with van der Waals surface area (Å²) < 4.78 is 25.3. The first-order valence-corrected chi connectivity index (χ1v) is 8.14. The summed E-state index contributed by atoms with van der Waals surface area (Å²) in [5.74, 6) is -0.650. The Morgan fingerprint density at radius 3 is 2.85 bits per heavy atom. The predicted octanol–water partition coefficient (Wildman–Crippen LogP) is 3.26. The van der Waals surface area contributed by atoms with Crippen molar-refractivity contribution in [3.63, 3.8) is 0 Å². The minimum absolute atomic E-state index is 0.0260. The van der Waals surface area contributed by atoms with Crippen LogP contribution in [0, 0.1) is 11.7 Å². The third-order valence-corrected chi connectivity index (χ3v) is 4.37. The largest absolute Gasteiger partial charge is 0.494 e. The van der Waals surface area contributed by atoms with Crippen LogP contribution in [0.5, 0.6) is 11.5 Å². The van der Waals surface area contributed by atoms with Crippen LogP contribution in [0.2, 0.25) is 0 Å². The van der Waals surface area contributed by atoms with Gasteiger partial charge in [-0.1, -0.05) is 0 Å². The van der Waals surface area contributed by atoms with Gasteiger partial charge in [0, 0.05) is 17.8 Å². The third-order valence-electron chi connectivity index (χ3n) is 4.37. The van der Waals surface area contributed by atoms with Crippen molar-refractivity contribution in [2.45, 2.75) is 12.8 Å². The molecule has 8 heteroatoms. The molecular weight excluding hydrogens is 341 g/mol. The van der Waals surface area contributed by atoms with Crippen LogP contribution in [0.3, 0.4) is 0 Å². The normalized spacial score (nSPS) is 13.8. The van der Waals surface area contributed by atoms with Gasteiger partial charge < -0.3 is 19.6 Å². The average molecular weight is 357 g/mol. The Bertz CT molecular complexity index is 998. The van der Waals surface area contributed by atoms with Gasteiger partial charge in [-0.2, -0.15) is 0 Å². The maximum absolute atomic E-state index is 14.3. The van der Waals surface area contributed by atoms with E-state index in [-0.39, 0.29) is 16.8 Å². The van der Waals surface area contributed by atoms with Crippen LogP contribution >= 0.6 is 0 Å². The van der Waals surface area contributed by atoms with E-state index in [0.29, 0.717) is 35.0 Å². The SMILES string of the molecule is COc1cc(OCC2CC2)c(-c2ncnc3c(C(=O)O)c[nH]c23)cc1F. The number of halogens is 1. The number of hydrogen-bond acceptors (Lipinski definition) is 5. The molecule has 3 aromatic rings. The van der Waals surface area contributed by atoms with Crippen molar-refractivity contribution in [1.29, 1.82) is 0 Å². The number of aromatic carboxylic acids is 1. The Hall–Kier alpha value is -3.16. The summed E-state index contributed by atoms with van der Waals surface area (Å²) in [6.45, 7) is 0.529.